The van der Waals surface area contributed by atoms with Crippen molar-refractivity contribution < 1.29 is 31.8 Å². The number of anilines is 1. The maximum Gasteiger partial charge on any atom is 0.419 e. The molecule has 2 fully saturated rings. The first-order valence-electron chi connectivity index (χ1n) is 13.3. The van der Waals surface area contributed by atoms with E-state index in [4.69, 9.17) is 0 Å². The SMILES string of the molecule is Cc1nc(C([O-])=NC2(C)CC(O)C2)ccc1-n1cc(-c2nc(NC3CCN(S(C)(=O)=O)CC3)ncc2C(F)(F)F)cn1. The fourth-order valence-corrected chi connectivity index (χ4v) is 6.11. The smallest absolute Gasteiger partial charge is 0.419 e. The van der Waals surface area contributed by atoms with Crippen molar-refractivity contribution in [1.29, 1.82) is 0 Å². The van der Waals surface area contributed by atoms with E-state index in [2.05, 4.69) is 30.4 Å². The van der Waals surface area contributed by atoms with Crippen LogP contribution in [0.1, 0.15) is 49.6 Å². The van der Waals surface area contributed by atoms with E-state index in [1.165, 1.54) is 27.4 Å². The highest BCUT2D eigenvalue weighted by Gasteiger charge is 2.39. The van der Waals surface area contributed by atoms with Gasteiger partial charge in [0.05, 0.1) is 46.9 Å². The zero-order chi connectivity index (χ0) is 30.4. The van der Waals surface area contributed by atoms with Gasteiger partial charge >= 0.3 is 6.18 Å². The molecule has 16 heteroatoms. The summed E-state index contributed by atoms with van der Waals surface area (Å²) in [7, 11) is -3.32. The van der Waals surface area contributed by atoms with Crippen molar-refractivity contribution in [2.24, 2.45) is 4.99 Å². The Morgan fingerprint density at radius 3 is 2.48 bits per heavy atom. The van der Waals surface area contributed by atoms with Gasteiger partial charge in [-0.05, 0) is 51.7 Å². The molecule has 0 aromatic carbocycles. The number of aliphatic hydroxyl groups excluding tert-OH is 1. The highest BCUT2D eigenvalue weighted by atomic mass is 32.2. The minimum Gasteiger partial charge on any atom is -0.857 e. The average Bonchev–Trinajstić information content (AvgIpc) is 3.37. The summed E-state index contributed by atoms with van der Waals surface area (Å²) < 4.78 is 68.0. The van der Waals surface area contributed by atoms with E-state index < -0.39 is 39.3 Å². The number of nitrogens with zero attached hydrogens (tertiary/aromatic N) is 7. The van der Waals surface area contributed by atoms with Gasteiger partial charge in [0, 0.05) is 43.0 Å². The van der Waals surface area contributed by atoms with Crippen molar-refractivity contribution >= 4 is 21.9 Å². The van der Waals surface area contributed by atoms with Gasteiger partial charge in [-0.3, -0.25) is 9.98 Å². The molecular formula is C26H30F3N8O4S-. The molecule has 2 aliphatic rings. The van der Waals surface area contributed by atoms with Crippen molar-refractivity contribution in [3.63, 3.8) is 0 Å². The molecule has 1 saturated heterocycles. The Bertz CT molecular complexity index is 1610. The van der Waals surface area contributed by atoms with Crippen LogP contribution in [0.2, 0.25) is 0 Å². The van der Waals surface area contributed by atoms with Gasteiger partial charge in [-0.1, -0.05) is 0 Å². The number of aryl methyl sites for hydroxylation is 1. The lowest BCUT2D eigenvalue weighted by atomic mass is 9.76. The van der Waals surface area contributed by atoms with E-state index >= 15 is 0 Å². The summed E-state index contributed by atoms with van der Waals surface area (Å²) in [6, 6.07) is 2.84. The molecule has 12 nitrogen and oxygen atoms in total. The molecular weight excluding hydrogens is 577 g/mol. The third-order valence-electron chi connectivity index (χ3n) is 7.45. The largest absolute Gasteiger partial charge is 0.857 e. The van der Waals surface area contributed by atoms with Crippen LogP contribution < -0.4 is 10.4 Å². The third kappa shape index (κ3) is 6.39. The van der Waals surface area contributed by atoms with Crippen LogP contribution in [0.25, 0.3) is 16.9 Å². The Labute approximate surface area is 240 Å². The second-order valence-corrected chi connectivity index (χ2v) is 13.0. The Morgan fingerprint density at radius 2 is 1.88 bits per heavy atom. The predicted octanol–water partition coefficient (Wildman–Crippen LogP) is 1.91. The van der Waals surface area contributed by atoms with E-state index in [0.29, 0.717) is 43.3 Å². The van der Waals surface area contributed by atoms with Gasteiger partial charge in [0.1, 0.15) is 5.56 Å². The summed E-state index contributed by atoms with van der Waals surface area (Å²) in [6.45, 7) is 4.00. The maximum atomic E-state index is 13.9. The Hall–Kier alpha value is -3.63. The normalized spacial score (nSPS) is 22.6. The summed E-state index contributed by atoms with van der Waals surface area (Å²) >= 11 is 0. The summed E-state index contributed by atoms with van der Waals surface area (Å²) in [6.07, 6.45) is 0.977. The molecule has 0 unspecified atom stereocenters. The molecule has 0 spiro atoms. The quantitative estimate of drug-likeness (QED) is 0.302. The van der Waals surface area contributed by atoms with E-state index in [1.807, 2.05) is 0 Å². The topological polar surface area (TPSA) is 162 Å². The summed E-state index contributed by atoms with van der Waals surface area (Å²) in [4.78, 5) is 16.6. The lowest BCUT2D eigenvalue weighted by molar-refractivity contribution is -0.215. The zero-order valence-electron chi connectivity index (χ0n) is 23.1. The highest BCUT2D eigenvalue weighted by molar-refractivity contribution is 7.88. The van der Waals surface area contributed by atoms with E-state index in [1.54, 1.807) is 19.9 Å². The number of nitrogens with one attached hydrogen (secondary N) is 1. The Kier molecular flexibility index (Phi) is 7.74. The molecule has 3 aromatic heterocycles. The van der Waals surface area contributed by atoms with Gasteiger partial charge in [-0.25, -0.2) is 27.4 Å². The van der Waals surface area contributed by atoms with Crippen LogP contribution in [0.3, 0.4) is 0 Å². The first kappa shape index (κ1) is 29.8. The highest BCUT2D eigenvalue weighted by Crippen LogP contribution is 2.37. The fourth-order valence-electron chi connectivity index (χ4n) is 5.23. The van der Waals surface area contributed by atoms with Gasteiger partial charge < -0.3 is 15.5 Å². The number of alkyl halides is 3. The molecule has 0 atom stereocenters. The minimum absolute atomic E-state index is 0.0132. The van der Waals surface area contributed by atoms with Crippen molar-refractivity contribution in [1.82, 2.24) is 29.0 Å². The number of halogens is 3. The van der Waals surface area contributed by atoms with E-state index in [9.17, 15) is 31.8 Å². The first-order chi connectivity index (χ1) is 19.6. The van der Waals surface area contributed by atoms with Gasteiger partial charge in [-0.2, -0.15) is 18.3 Å². The molecule has 3 aromatic rings. The maximum absolute atomic E-state index is 13.9. The zero-order valence-corrected chi connectivity index (χ0v) is 23.9. The number of aliphatic imine (C=N–C) groups is 1. The van der Waals surface area contributed by atoms with Crippen LogP contribution in [-0.2, 0) is 16.2 Å². The standard InChI is InChI=1S/C26H31F3N8O4S/c1-15-21(5-4-20(32-15)23(39)35-25(2)10-18(38)11-25)37-14-16(12-31-37)22-19(26(27,28)29)13-30-24(34-22)33-17-6-8-36(9-7-17)42(3,40)41/h4-5,12-14,17-18,38H,6-11H2,1-3H3,(H,35,39)(H,30,33,34)/p-1. The fraction of sp³-hybridized carbons (Fsp3) is 0.500. The van der Waals surface area contributed by atoms with Crippen LogP contribution in [0.15, 0.2) is 35.7 Å². The molecule has 0 radical (unpaired) electrons. The van der Waals surface area contributed by atoms with Crippen molar-refractivity contribution in [3.05, 3.63) is 47.7 Å². The van der Waals surface area contributed by atoms with E-state index in [0.717, 1.165) is 6.26 Å². The van der Waals surface area contributed by atoms with Crippen LogP contribution in [-0.4, -0.2) is 85.5 Å². The Balaban J connectivity index is 1.38. The molecule has 1 aliphatic carbocycles. The van der Waals surface area contributed by atoms with E-state index in [-0.39, 0.29) is 42.0 Å². The van der Waals surface area contributed by atoms with Crippen LogP contribution in [0, 0.1) is 6.92 Å². The van der Waals surface area contributed by atoms with Crippen LogP contribution in [0.4, 0.5) is 19.1 Å². The summed E-state index contributed by atoms with van der Waals surface area (Å²) in [5.41, 5.74) is -0.979. The van der Waals surface area contributed by atoms with Gasteiger partial charge in [-0.15, -0.1) is 0 Å². The molecule has 0 bridgehead atoms. The number of piperidine rings is 1. The van der Waals surface area contributed by atoms with Crippen LogP contribution in [0.5, 0.6) is 0 Å². The predicted molar refractivity (Wildman–Crippen MR) is 145 cm³/mol. The second-order valence-electron chi connectivity index (χ2n) is 11.0. The third-order valence-corrected chi connectivity index (χ3v) is 8.76. The van der Waals surface area contributed by atoms with Gasteiger partial charge in [0.2, 0.25) is 16.0 Å². The minimum atomic E-state index is -4.73. The second kappa shape index (κ2) is 10.9. The average molecular weight is 608 g/mol. The number of pyridine rings is 1. The number of aromatic nitrogens is 5. The van der Waals surface area contributed by atoms with Crippen molar-refractivity contribution in [3.8, 4) is 16.9 Å². The van der Waals surface area contributed by atoms with Crippen molar-refractivity contribution in [2.45, 2.75) is 63.4 Å². The number of hydrogen-bond donors (Lipinski definition) is 2. The molecule has 5 rings (SSSR count). The lowest BCUT2D eigenvalue weighted by Gasteiger charge is -2.40. The molecule has 0 amide bonds. The monoisotopic (exact) mass is 607 g/mol. The lowest BCUT2D eigenvalue weighted by Crippen LogP contribution is -2.44. The van der Waals surface area contributed by atoms with Gasteiger partial charge in [0.25, 0.3) is 0 Å². The van der Waals surface area contributed by atoms with Crippen molar-refractivity contribution in [2.75, 3.05) is 24.7 Å². The Morgan fingerprint density at radius 1 is 1.19 bits per heavy atom. The molecule has 226 valence electrons. The number of aliphatic hydroxyl groups is 1. The summed E-state index contributed by atoms with van der Waals surface area (Å²) in [5, 5.41) is 29.4. The first-order valence-corrected chi connectivity index (χ1v) is 15.1. The molecule has 2 N–H and O–H groups in total. The molecule has 42 heavy (non-hydrogen) atoms. The van der Waals surface area contributed by atoms with Crippen LogP contribution >= 0.6 is 0 Å². The molecule has 1 saturated carbocycles. The van der Waals surface area contributed by atoms with Gasteiger partial charge in [0.15, 0.2) is 0 Å². The molecule has 4 heterocycles. The number of sulfonamides is 1. The summed E-state index contributed by atoms with van der Waals surface area (Å²) in [5.74, 6) is -0.529. The molecule has 1 aliphatic heterocycles. The number of hydrogen-bond acceptors (Lipinski definition) is 10. The number of rotatable bonds is 7.